The molecule has 1 saturated carbocycles. The van der Waals surface area contributed by atoms with Crippen LogP contribution in [-0.2, 0) is 0 Å². The van der Waals surface area contributed by atoms with Gasteiger partial charge in [0.2, 0.25) is 0 Å². The highest BCUT2D eigenvalue weighted by Crippen LogP contribution is 2.46. The minimum Gasteiger partial charge on any atom is -0.0649 e. The molecule has 60 valence electrons. The first-order chi connectivity index (χ1) is 4.56. The lowest BCUT2D eigenvalue weighted by Gasteiger charge is -2.44. The molecule has 0 N–H and O–H groups in total. The second-order valence-electron chi connectivity index (χ2n) is 4.62. The van der Waals surface area contributed by atoms with Gasteiger partial charge in [-0.05, 0) is 30.1 Å². The normalized spacial score (nSPS) is 33.6. The highest BCUT2D eigenvalue weighted by atomic mass is 14.4. The minimum absolute atomic E-state index is 0.618. The molecule has 1 rings (SSSR count). The van der Waals surface area contributed by atoms with Gasteiger partial charge in [-0.2, -0.15) is 0 Å². The predicted octanol–water partition coefficient (Wildman–Crippen LogP) is 3.47. The van der Waals surface area contributed by atoms with Crippen LogP contribution in [0.25, 0.3) is 0 Å². The summed E-state index contributed by atoms with van der Waals surface area (Å²) in [5.74, 6) is 2.03. The smallest absolute Gasteiger partial charge is 0.0328 e. The largest absolute Gasteiger partial charge is 0.0649 e. The third kappa shape index (κ3) is 1.36. The van der Waals surface area contributed by atoms with Crippen molar-refractivity contribution in [3.05, 3.63) is 0 Å². The van der Waals surface area contributed by atoms with E-state index in [1.54, 1.807) is 0 Å². The zero-order chi connectivity index (χ0) is 7.78. The predicted molar refractivity (Wildman–Crippen MR) is 46.0 cm³/mol. The molecule has 0 unspecified atom stereocenters. The molecular weight excluding hydrogens is 120 g/mol. The van der Waals surface area contributed by atoms with Gasteiger partial charge in [-0.3, -0.25) is 0 Å². The van der Waals surface area contributed by atoms with Crippen LogP contribution >= 0.6 is 0 Å². The topological polar surface area (TPSA) is 0 Å². The molecule has 0 amide bonds. The van der Waals surface area contributed by atoms with E-state index < -0.39 is 0 Å². The molecule has 0 aromatic carbocycles. The molecule has 0 nitrogen and oxygen atoms in total. The Morgan fingerprint density at radius 2 is 1.80 bits per heavy atom. The summed E-state index contributed by atoms with van der Waals surface area (Å²) in [6, 6.07) is 0. The Balaban J connectivity index is 2.36. The van der Waals surface area contributed by atoms with Crippen molar-refractivity contribution in [2.24, 2.45) is 17.3 Å². The van der Waals surface area contributed by atoms with Crippen LogP contribution in [0.15, 0.2) is 0 Å². The van der Waals surface area contributed by atoms with Crippen LogP contribution in [0.2, 0.25) is 0 Å². The molecule has 0 aromatic heterocycles. The van der Waals surface area contributed by atoms with Crippen molar-refractivity contribution in [3.8, 4) is 0 Å². The van der Waals surface area contributed by atoms with Crippen molar-refractivity contribution in [3.63, 3.8) is 0 Å². The van der Waals surface area contributed by atoms with Gasteiger partial charge in [-0.25, -0.2) is 0 Å². The maximum atomic E-state index is 2.41. The molecule has 0 aliphatic heterocycles. The molecule has 0 radical (unpaired) electrons. The van der Waals surface area contributed by atoms with Crippen LogP contribution in [0.5, 0.6) is 0 Å². The fourth-order valence-electron chi connectivity index (χ4n) is 1.83. The average molecular weight is 140 g/mol. The maximum absolute atomic E-state index is 2.41. The van der Waals surface area contributed by atoms with Gasteiger partial charge < -0.3 is 0 Å². The SMILES string of the molecule is CCC(C)(C)C1CC(C)C1. The fraction of sp³-hybridized carbons (Fsp3) is 1.00. The molecule has 0 heterocycles. The lowest BCUT2D eigenvalue weighted by Crippen LogP contribution is -2.34. The Morgan fingerprint density at radius 1 is 1.30 bits per heavy atom. The van der Waals surface area contributed by atoms with Gasteiger partial charge in [-0.1, -0.05) is 34.1 Å². The van der Waals surface area contributed by atoms with Gasteiger partial charge in [0.15, 0.2) is 0 Å². The minimum atomic E-state index is 0.618. The summed E-state index contributed by atoms with van der Waals surface area (Å²) in [6.45, 7) is 9.48. The summed E-state index contributed by atoms with van der Waals surface area (Å²) in [7, 11) is 0. The zero-order valence-corrected chi connectivity index (χ0v) is 7.78. The van der Waals surface area contributed by atoms with E-state index in [4.69, 9.17) is 0 Å². The molecule has 1 aliphatic rings. The van der Waals surface area contributed by atoms with Crippen molar-refractivity contribution in [1.29, 1.82) is 0 Å². The highest BCUT2D eigenvalue weighted by molar-refractivity contribution is 4.86. The first-order valence-corrected chi connectivity index (χ1v) is 4.56. The first-order valence-electron chi connectivity index (χ1n) is 4.56. The van der Waals surface area contributed by atoms with E-state index >= 15 is 0 Å². The van der Waals surface area contributed by atoms with E-state index in [2.05, 4.69) is 27.7 Å². The Kier molecular flexibility index (Phi) is 2.07. The number of hydrogen-bond donors (Lipinski definition) is 0. The van der Waals surface area contributed by atoms with Gasteiger partial charge in [0.05, 0.1) is 0 Å². The molecule has 0 aromatic rings. The molecule has 0 bridgehead atoms. The van der Waals surface area contributed by atoms with E-state index in [1.807, 2.05) is 0 Å². The standard InChI is InChI=1S/C10H20/c1-5-10(3,4)9-6-8(2)7-9/h8-9H,5-7H2,1-4H3. The summed E-state index contributed by atoms with van der Waals surface area (Å²) >= 11 is 0. The van der Waals surface area contributed by atoms with Gasteiger partial charge >= 0.3 is 0 Å². The molecule has 0 saturated heterocycles. The van der Waals surface area contributed by atoms with Crippen LogP contribution in [0.1, 0.15) is 47.0 Å². The van der Waals surface area contributed by atoms with Gasteiger partial charge in [0.1, 0.15) is 0 Å². The number of rotatable bonds is 2. The lowest BCUT2D eigenvalue weighted by molar-refractivity contribution is 0.0683. The molecule has 0 heteroatoms. The Morgan fingerprint density at radius 3 is 2.10 bits per heavy atom. The second-order valence-corrected chi connectivity index (χ2v) is 4.62. The molecule has 10 heavy (non-hydrogen) atoms. The number of hydrogen-bond acceptors (Lipinski definition) is 0. The highest BCUT2D eigenvalue weighted by Gasteiger charge is 2.36. The summed E-state index contributed by atoms with van der Waals surface area (Å²) in [4.78, 5) is 0. The third-order valence-electron chi connectivity index (χ3n) is 3.39. The monoisotopic (exact) mass is 140 g/mol. The van der Waals surface area contributed by atoms with Crippen molar-refractivity contribution in [2.75, 3.05) is 0 Å². The summed E-state index contributed by atoms with van der Waals surface area (Å²) in [6.07, 6.45) is 4.28. The molecular formula is C10H20. The summed E-state index contributed by atoms with van der Waals surface area (Å²) < 4.78 is 0. The van der Waals surface area contributed by atoms with Crippen molar-refractivity contribution >= 4 is 0 Å². The van der Waals surface area contributed by atoms with E-state index in [-0.39, 0.29) is 0 Å². The molecule has 0 atom stereocenters. The third-order valence-corrected chi connectivity index (χ3v) is 3.39. The zero-order valence-electron chi connectivity index (χ0n) is 7.78. The first kappa shape index (κ1) is 8.10. The van der Waals surface area contributed by atoms with Crippen LogP contribution in [-0.4, -0.2) is 0 Å². The maximum Gasteiger partial charge on any atom is -0.0328 e. The summed E-state index contributed by atoms with van der Waals surface area (Å²) in [5.41, 5.74) is 0.618. The van der Waals surface area contributed by atoms with Crippen LogP contribution in [0, 0.1) is 17.3 Å². The lowest BCUT2D eigenvalue weighted by atomic mass is 9.62. The van der Waals surface area contributed by atoms with E-state index in [9.17, 15) is 0 Å². The Bertz CT molecular complexity index is 107. The Labute approximate surface area is 65.0 Å². The molecule has 1 fully saturated rings. The van der Waals surface area contributed by atoms with Crippen LogP contribution in [0.4, 0.5) is 0 Å². The van der Waals surface area contributed by atoms with Crippen molar-refractivity contribution in [2.45, 2.75) is 47.0 Å². The van der Waals surface area contributed by atoms with Crippen molar-refractivity contribution in [1.82, 2.24) is 0 Å². The van der Waals surface area contributed by atoms with Gasteiger partial charge in [0.25, 0.3) is 0 Å². The van der Waals surface area contributed by atoms with Crippen LogP contribution < -0.4 is 0 Å². The van der Waals surface area contributed by atoms with Gasteiger partial charge in [0, 0.05) is 0 Å². The van der Waals surface area contributed by atoms with Crippen LogP contribution in [0.3, 0.4) is 0 Å². The molecule has 1 aliphatic carbocycles. The van der Waals surface area contributed by atoms with Gasteiger partial charge in [-0.15, -0.1) is 0 Å². The van der Waals surface area contributed by atoms with E-state index in [0.717, 1.165) is 11.8 Å². The van der Waals surface area contributed by atoms with Crippen molar-refractivity contribution < 1.29 is 0 Å². The second kappa shape index (κ2) is 2.56. The van der Waals surface area contributed by atoms with E-state index in [1.165, 1.54) is 19.3 Å². The van der Waals surface area contributed by atoms with E-state index in [0.29, 0.717) is 5.41 Å². The molecule has 0 spiro atoms. The average Bonchev–Trinajstić information content (AvgIpc) is 1.81. The fourth-order valence-corrected chi connectivity index (χ4v) is 1.83. The Hall–Kier alpha value is 0. The quantitative estimate of drug-likeness (QED) is 0.551. The summed E-state index contributed by atoms with van der Waals surface area (Å²) in [5, 5.41) is 0.